The molecule has 0 saturated carbocycles. The Kier molecular flexibility index (Phi) is 2.38. The highest BCUT2D eigenvalue weighted by atomic mass is 16.4. The Labute approximate surface area is 105 Å². The van der Waals surface area contributed by atoms with E-state index in [0.29, 0.717) is 22.4 Å². The van der Waals surface area contributed by atoms with Gasteiger partial charge in [-0.2, -0.15) is 0 Å². The van der Waals surface area contributed by atoms with Gasteiger partial charge in [0.05, 0.1) is 11.2 Å². The van der Waals surface area contributed by atoms with E-state index in [9.17, 15) is 9.59 Å². The van der Waals surface area contributed by atoms with Crippen molar-refractivity contribution in [2.24, 2.45) is 0 Å². The molecule has 7 heteroatoms. The van der Waals surface area contributed by atoms with E-state index in [-0.39, 0.29) is 5.82 Å². The fourth-order valence-electron chi connectivity index (χ4n) is 1.73. The SMILES string of the molecule is O=C(O)c1nccc(-c2ccc3[nH]c(=O)oc3c2)n1. The zero-order valence-corrected chi connectivity index (χ0v) is 9.45. The quantitative estimate of drug-likeness (QED) is 0.715. The van der Waals surface area contributed by atoms with Crippen LogP contribution in [0.15, 0.2) is 39.7 Å². The largest absolute Gasteiger partial charge is 0.475 e. The summed E-state index contributed by atoms with van der Waals surface area (Å²) in [6.45, 7) is 0. The molecule has 0 aliphatic carbocycles. The summed E-state index contributed by atoms with van der Waals surface area (Å²) in [4.78, 5) is 31.9. The predicted molar refractivity (Wildman–Crippen MR) is 64.8 cm³/mol. The molecule has 0 aliphatic heterocycles. The van der Waals surface area contributed by atoms with Gasteiger partial charge >= 0.3 is 11.7 Å². The number of hydrogen-bond donors (Lipinski definition) is 2. The Hall–Kier alpha value is -2.96. The third kappa shape index (κ3) is 1.97. The number of nitrogens with one attached hydrogen (secondary N) is 1. The van der Waals surface area contributed by atoms with E-state index in [0.717, 1.165) is 0 Å². The maximum Gasteiger partial charge on any atom is 0.417 e. The Morgan fingerprint density at radius 1 is 1.32 bits per heavy atom. The molecule has 0 saturated heterocycles. The third-order valence-electron chi connectivity index (χ3n) is 2.56. The summed E-state index contributed by atoms with van der Waals surface area (Å²) in [6.07, 6.45) is 1.36. The molecule has 0 fully saturated rings. The molecule has 0 atom stereocenters. The molecule has 2 N–H and O–H groups in total. The Morgan fingerprint density at radius 2 is 2.16 bits per heavy atom. The first-order valence-corrected chi connectivity index (χ1v) is 5.33. The van der Waals surface area contributed by atoms with Crippen molar-refractivity contribution in [3.63, 3.8) is 0 Å². The van der Waals surface area contributed by atoms with Gasteiger partial charge in [0.25, 0.3) is 0 Å². The molecular weight excluding hydrogens is 250 g/mol. The summed E-state index contributed by atoms with van der Waals surface area (Å²) in [7, 11) is 0. The molecule has 0 bridgehead atoms. The first-order valence-electron chi connectivity index (χ1n) is 5.33. The number of H-pyrrole nitrogens is 1. The predicted octanol–water partition coefficient (Wildman–Crippen LogP) is 1.28. The zero-order chi connectivity index (χ0) is 13.4. The van der Waals surface area contributed by atoms with Crippen molar-refractivity contribution in [3.8, 4) is 11.3 Å². The van der Waals surface area contributed by atoms with E-state index < -0.39 is 11.7 Å². The van der Waals surface area contributed by atoms with Crippen LogP contribution in [-0.2, 0) is 0 Å². The Morgan fingerprint density at radius 3 is 2.95 bits per heavy atom. The van der Waals surface area contributed by atoms with Gasteiger partial charge in [-0.1, -0.05) is 6.07 Å². The van der Waals surface area contributed by atoms with Crippen LogP contribution in [0.1, 0.15) is 10.6 Å². The van der Waals surface area contributed by atoms with E-state index in [1.807, 2.05) is 0 Å². The molecule has 0 unspecified atom stereocenters. The van der Waals surface area contributed by atoms with Gasteiger partial charge < -0.3 is 9.52 Å². The van der Waals surface area contributed by atoms with Crippen LogP contribution in [0.3, 0.4) is 0 Å². The Bertz CT molecular complexity index is 834. The fraction of sp³-hybridized carbons (Fsp3) is 0. The van der Waals surface area contributed by atoms with Crippen LogP contribution in [-0.4, -0.2) is 26.0 Å². The minimum Gasteiger partial charge on any atom is -0.475 e. The molecule has 7 nitrogen and oxygen atoms in total. The lowest BCUT2D eigenvalue weighted by Gasteiger charge is -2.01. The van der Waals surface area contributed by atoms with Gasteiger partial charge in [0, 0.05) is 11.8 Å². The van der Waals surface area contributed by atoms with Gasteiger partial charge in [0.2, 0.25) is 5.82 Å². The van der Waals surface area contributed by atoms with Crippen LogP contribution in [0, 0.1) is 0 Å². The number of benzene rings is 1. The molecule has 3 rings (SSSR count). The van der Waals surface area contributed by atoms with Gasteiger partial charge in [0.15, 0.2) is 5.58 Å². The van der Waals surface area contributed by atoms with E-state index in [1.165, 1.54) is 6.20 Å². The van der Waals surface area contributed by atoms with Gasteiger partial charge in [0.1, 0.15) is 0 Å². The summed E-state index contributed by atoms with van der Waals surface area (Å²) in [6, 6.07) is 6.57. The van der Waals surface area contributed by atoms with Crippen molar-refractivity contribution >= 4 is 17.1 Å². The zero-order valence-electron chi connectivity index (χ0n) is 9.45. The van der Waals surface area contributed by atoms with Crippen molar-refractivity contribution in [1.29, 1.82) is 0 Å². The van der Waals surface area contributed by atoms with Gasteiger partial charge in [-0.3, -0.25) is 4.98 Å². The lowest BCUT2D eigenvalue weighted by atomic mass is 10.1. The number of carboxylic acid groups (broad SMARTS) is 1. The average molecular weight is 257 g/mol. The molecule has 0 amide bonds. The second kappa shape index (κ2) is 4.05. The molecule has 0 spiro atoms. The summed E-state index contributed by atoms with van der Waals surface area (Å²) in [5.74, 6) is -2.02. The number of carboxylic acids is 1. The first-order chi connectivity index (χ1) is 9.13. The standard InChI is InChI=1S/C12H7N3O4/c16-11(17)10-13-4-3-7(14-10)6-1-2-8-9(5-6)19-12(18)15-8/h1-5H,(H,15,18)(H,16,17). The van der Waals surface area contributed by atoms with E-state index in [4.69, 9.17) is 9.52 Å². The number of nitrogens with zero attached hydrogens (tertiary/aromatic N) is 2. The molecular formula is C12H7N3O4. The highest BCUT2D eigenvalue weighted by Gasteiger charge is 2.09. The summed E-state index contributed by atoms with van der Waals surface area (Å²) in [5.41, 5.74) is 2.04. The maximum absolute atomic E-state index is 11.1. The highest BCUT2D eigenvalue weighted by Crippen LogP contribution is 2.21. The van der Waals surface area contributed by atoms with E-state index >= 15 is 0 Å². The number of hydrogen-bond acceptors (Lipinski definition) is 5. The van der Waals surface area contributed by atoms with E-state index in [1.54, 1.807) is 24.3 Å². The first kappa shape index (κ1) is 11.1. The Balaban J connectivity index is 2.15. The van der Waals surface area contributed by atoms with Crippen LogP contribution in [0.25, 0.3) is 22.4 Å². The van der Waals surface area contributed by atoms with Crippen LogP contribution in [0.2, 0.25) is 0 Å². The van der Waals surface area contributed by atoms with Crippen LogP contribution >= 0.6 is 0 Å². The number of aromatic carboxylic acids is 1. The number of aromatic nitrogens is 3. The molecule has 0 aliphatic rings. The molecule has 3 aromatic rings. The lowest BCUT2D eigenvalue weighted by molar-refractivity contribution is 0.0683. The number of aromatic amines is 1. The molecule has 2 aromatic heterocycles. The summed E-state index contributed by atoms with van der Waals surface area (Å²) < 4.78 is 4.94. The molecule has 94 valence electrons. The van der Waals surface area contributed by atoms with Crippen molar-refractivity contribution in [3.05, 3.63) is 46.8 Å². The van der Waals surface area contributed by atoms with Gasteiger partial charge in [-0.25, -0.2) is 19.6 Å². The van der Waals surface area contributed by atoms with Crippen molar-refractivity contribution < 1.29 is 14.3 Å². The van der Waals surface area contributed by atoms with E-state index in [2.05, 4.69) is 15.0 Å². The van der Waals surface area contributed by atoms with Crippen LogP contribution in [0.5, 0.6) is 0 Å². The minimum atomic E-state index is -1.20. The van der Waals surface area contributed by atoms with Crippen molar-refractivity contribution in [2.75, 3.05) is 0 Å². The average Bonchev–Trinajstić information content (AvgIpc) is 2.77. The molecule has 0 radical (unpaired) electrons. The minimum absolute atomic E-state index is 0.284. The normalized spacial score (nSPS) is 10.7. The number of carbonyl (C=O) groups is 1. The molecule has 2 heterocycles. The number of fused-ring (bicyclic) bond motifs is 1. The third-order valence-corrected chi connectivity index (χ3v) is 2.56. The second-order valence-corrected chi connectivity index (χ2v) is 3.80. The highest BCUT2D eigenvalue weighted by molar-refractivity contribution is 5.84. The van der Waals surface area contributed by atoms with Crippen LogP contribution in [0.4, 0.5) is 0 Å². The summed E-state index contributed by atoms with van der Waals surface area (Å²) >= 11 is 0. The molecule has 19 heavy (non-hydrogen) atoms. The monoisotopic (exact) mass is 257 g/mol. The fourth-order valence-corrected chi connectivity index (χ4v) is 1.73. The second-order valence-electron chi connectivity index (χ2n) is 3.80. The summed E-state index contributed by atoms with van der Waals surface area (Å²) in [5, 5.41) is 8.84. The lowest BCUT2D eigenvalue weighted by Crippen LogP contribution is -2.04. The molecule has 1 aromatic carbocycles. The van der Waals surface area contributed by atoms with Crippen LogP contribution < -0.4 is 5.76 Å². The van der Waals surface area contributed by atoms with Gasteiger partial charge in [-0.15, -0.1) is 0 Å². The van der Waals surface area contributed by atoms with Gasteiger partial charge in [-0.05, 0) is 18.2 Å². The number of rotatable bonds is 2. The topological polar surface area (TPSA) is 109 Å². The smallest absolute Gasteiger partial charge is 0.417 e. The van der Waals surface area contributed by atoms with Crippen molar-refractivity contribution in [2.45, 2.75) is 0 Å². The number of oxazole rings is 1. The van der Waals surface area contributed by atoms with Crippen molar-refractivity contribution in [1.82, 2.24) is 15.0 Å². The maximum atomic E-state index is 11.1.